The summed E-state index contributed by atoms with van der Waals surface area (Å²) >= 11 is 0. The molecule has 0 N–H and O–H groups in total. The van der Waals surface area contributed by atoms with E-state index < -0.39 is 0 Å². The van der Waals surface area contributed by atoms with E-state index in [0.717, 1.165) is 12.0 Å². The highest BCUT2D eigenvalue weighted by Gasteiger charge is 1.92. The highest BCUT2D eigenvalue weighted by molar-refractivity contribution is 5.42. The van der Waals surface area contributed by atoms with Crippen LogP contribution in [0.1, 0.15) is 30.0 Å². The van der Waals surface area contributed by atoms with Crippen LogP contribution in [0, 0.1) is 25.7 Å². The Labute approximate surface area is 74.6 Å². The first-order chi connectivity index (χ1) is 5.74. The van der Waals surface area contributed by atoms with Crippen LogP contribution in [-0.2, 0) is 0 Å². The number of hydrogen-bond donors (Lipinski definition) is 0. The first-order valence-electron chi connectivity index (χ1n) is 4.30. The van der Waals surface area contributed by atoms with Crippen molar-refractivity contribution in [1.29, 1.82) is 0 Å². The lowest BCUT2D eigenvalue weighted by molar-refractivity contribution is 1.27. The molecule has 0 heterocycles. The molecule has 12 heavy (non-hydrogen) atoms. The predicted octanol–water partition coefficient (Wildman–Crippen LogP) is 3.06. The van der Waals surface area contributed by atoms with E-state index in [9.17, 15) is 0 Å². The standard InChI is InChI=1S/C12H14/c1-4-5-6-12-9-10(2)7-8-11(12)3/h7-9H,4H2,1-3H3. The van der Waals surface area contributed by atoms with Crippen LogP contribution in [0.25, 0.3) is 0 Å². The maximum Gasteiger partial charge on any atom is 0.0277 e. The summed E-state index contributed by atoms with van der Waals surface area (Å²) in [6.07, 6.45) is 0.924. The second-order valence-corrected chi connectivity index (χ2v) is 2.97. The zero-order chi connectivity index (χ0) is 8.97. The maximum atomic E-state index is 3.15. The van der Waals surface area contributed by atoms with Crippen molar-refractivity contribution in [3.8, 4) is 11.8 Å². The molecule has 0 aliphatic carbocycles. The van der Waals surface area contributed by atoms with E-state index in [0.29, 0.717) is 0 Å². The SMILES string of the molecule is CCC#Cc1cc(C)ccc1C. The molecule has 0 fully saturated rings. The second kappa shape index (κ2) is 3.97. The van der Waals surface area contributed by atoms with Gasteiger partial charge in [-0.1, -0.05) is 30.9 Å². The van der Waals surface area contributed by atoms with Gasteiger partial charge in [0.25, 0.3) is 0 Å². The van der Waals surface area contributed by atoms with Crippen LogP contribution in [0.15, 0.2) is 18.2 Å². The minimum Gasteiger partial charge on any atom is -0.0982 e. The molecular weight excluding hydrogens is 144 g/mol. The Morgan fingerprint density at radius 3 is 2.67 bits per heavy atom. The Morgan fingerprint density at radius 2 is 2.00 bits per heavy atom. The minimum absolute atomic E-state index is 0.924. The van der Waals surface area contributed by atoms with Gasteiger partial charge in [0.2, 0.25) is 0 Å². The summed E-state index contributed by atoms with van der Waals surface area (Å²) in [5.74, 6) is 6.24. The molecule has 62 valence electrons. The topological polar surface area (TPSA) is 0 Å². The van der Waals surface area contributed by atoms with Crippen molar-refractivity contribution < 1.29 is 0 Å². The number of hydrogen-bond acceptors (Lipinski definition) is 0. The van der Waals surface area contributed by atoms with E-state index >= 15 is 0 Å². The Morgan fingerprint density at radius 1 is 1.25 bits per heavy atom. The van der Waals surface area contributed by atoms with E-state index in [4.69, 9.17) is 0 Å². The van der Waals surface area contributed by atoms with Crippen LogP contribution in [0.5, 0.6) is 0 Å². The van der Waals surface area contributed by atoms with Gasteiger partial charge in [0, 0.05) is 12.0 Å². The molecule has 1 aromatic carbocycles. The molecule has 1 aromatic rings. The minimum atomic E-state index is 0.924. The molecule has 0 aliphatic rings. The molecular formula is C12H14. The highest BCUT2D eigenvalue weighted by atomic mass is 14.0. The first-order valence-corrected chi connectivity index (χ1v) is 4.30. The fourth-order valence-electron chi connectivity index (χ4n) is 1.05. The Balaban J connectivity index is 3.05. The summed E-state index contributed by atoms with van der Waals surface area (Å²) in [6, 6.07) is 6.37. The second-order valence-electron chi connectivity index (χ2n) is 2.97. The van der Waals surface area contributed by atoms with E-state index in [2.05, 4.69) is 50.8 Å². The van der Waals surface area contributed by atoms with Gasteiger partial charge in [0.1, 0.15) is 0 Å². The zero-order valence-corrected chi connectivity index (χ0v) is 7.94. The molecule has 0 atom stereocenters. The summed E-state index contributed by atoms with van der Waals surface area (Å²) < 4.78 is 0. The highest BCUT2D eigenvalue weighted by Crippen LogP contribution is 2.08. The number of rotatable bonds is 0. The van der Waals surface area contributed by atoms with Gasteiger partial charge in [-0.25, -0.2) is 0 Å². The van der Waals surface area contributed by atoms with Gasteiger partial charge >= 0.3 is 0 Å². The van der Waals surface area contributed by atoms with Crippen LogP contribution in [-0.4, -0.2) is 0 Å². The zero-order valence-electron chi connectivity index (χ0n) is 7.94. The Kier molecular flexibility index (Phi) is 2.94. The van der Waals surface area contributed by atoms with Gasteiger partial charge in [-0.3, -0.25) is 0 Å². The monoisotopic (exact) mass is 158 g/mol. The van der Waals surface area contributed by atoms with Crippen molar-refractivity contribution in [2.75, 3.05) is 0 Å². The number of benzene rings is 1. The van der Waals surface area contributed by atoms with E-state index in [1.54, 1.807) is 0 Å². The third-order valence-corrected chi connectivity index (χ3v) is 1.79. The van der Waals surface area contributed by atoms with Crippen molar-refractivity contribution in [2.45, 2.75) is 27.2 Å². The first kappa shape index (κ1) is 8.87. The van der Waals surface area contributed by atoms with E-state index in [1.807, 2.05) is 0 Å². The normalized spacial score (nSPS) is 8.92. The van der Waals surface area contributed by atoms with Gasteiger partial charge < -0.3 is 0 Å². The average molecular weight is 158 g/mol. The molecule has 0 radical (unpaired) electrons. The Hall–Kier alpha value is -1.22. The summed E-state index contributed by atoms with van der Waals surface area (Å²) in [6.45, 7) is 6.26. The largest absolute Gasteiger partial charge is 0.0982 e. The van der Waals surface area contributed by atoms with Crippen LogP contribution in [0.3, 0.4) is 0 Å². The van der Waals surface area contributed by atoms with Crippen LogP contribution in [0.2, 0.25) is 0 Å². The summed E-state index contributed by atoms with van der Waals surface area (Å²) in [4.78, 5) is 0. The smallest absolute Gasteiger partial charge is 0.0277 e. The molecule has 0 nitrogen and oxygen atoms in total. The van der Waals surface area contributed by atoms with Crippen LogP contribution >= 0.6 is 0 Å². The van der Waals surface area contributed by atoms with Crippen molar-refractivity contribution in [1.82, 2.24) is 0 Å². The van der Waals surface area contributed by atoms with Crippen molar-refractivity contribution in [2.24, 2.45) is 0 Å². The van der Waals surface area contributed by atoms with Gasteiger partial charge in [-0.05, 0) is 31.0 Å². The molecule has 0 bridgehead atoms. The van der Waals surface area contributed by atoms with Crippen LogP contribution in [0.4, 0.5) is 0 Å². The third-order valence-electron chi connectivity index (χ3n) is 1.79. The van der Waals surface area contributed by atoms with Crippen molar-refractivity contribution in [3.05, 3.63) is 34.9 Å². The molecule has 1 rings (SSSR count). The van der Waals surface area contributed by atoms with Gasteiger partial charge in [-0.15, -0.1) is 0 Å². The molecule has 0 unspecified atom stereocenters. The van der Waals surface area contributed by atoms with E-state index in [-0.39, 0.29) is 0 Å². The fourth-order valence-corrected chi connectivity index (χ4v) is 1.05. The van der Waals surface area contributed by atoms with Crippen LogP contribution < -0.4 is 0 Å². The fraction of sp³-hybridized carbons (Fsp3) is 0.333. The molecule has 0 saturated heterocycles. The quantitative estimate of drug-likeness (QED) is 0.509. The summed E-state index contributed by atoms with van der Waals surface area (Å²) in [5.41, 5.74) is 3.71. The van der Waals surface area contributed by atoms with E-state index in [1.165, 1.54) is 11.1 Å². The molecule has 0 aliphatic heterocycles. The summed E-state index contributed by atoms with van der Waals surface area (Å²) in [7, 11) is 0. The predicted molar refractivity (Wildman–Crippen MR) is 53.1 cm³/mol. The lowest BCUT2D eigenvalue weighted by Gasteiger charge is -1.98. The molecule has 0 saturated carbocycles. The lowest BCUT2D eigenvalue weighted by atomic mass is 10.1. The maximum absolute atomic E-state index is 3.15. The molecule has 0 heteroatoms. The van der Waals surface area contributed by atoms with Crippen molar-refractivity contribution >= 4 is 0 Å². The van der Waals surface area contributed by atoms with Gasteiger partial charge in [0.15, 0.2) is 0 Å². The molecule has 0 aromatic heterocycles. The van der Waals surface area contributed by atoms with Gasteiger partial charge in [0.05, 0.1) is 0 Å². The third kappa shape index (κ3) is 2.13. The molecule has 0 spiro atoms. The Bertz CT molecular complexity index is 324. The van der Waals surface area contributed by atoms with Gasteiger partial charge in [-0.2, -0.15) is 0 Å². The molecule has 0 amide bonds. The average Bonchev–Trinajstić information content (AvgIpc) is 2.07. The summed E-state index contributed by atoms with van der Waals surface area (Å²) in [5, 5.41) is 0. The lowest BCUT2D eigenvalue weighted by Crippen LogP contribution is -1.82. The number of aryl methyl sites for hydroxylation is 2. The van der Waals surface area contributed by atoms with Crippen molar-refractivity contribution in [3.63, 3.8) is 0 Å².